The van der Waals surface area contributed by atoms with Gasteiger partial charge in [-0.1, -0.05) is 97.6 Å². The quantitative estimate of drug-likeness (QED) is 0.148. The third-order valence-electron chi connectivity index (χ3n) is 9.37. The Morgan fingerprint density at radius 3 is 2.20 bits per heavy atom. The number of ether oxygens (including phenoxy) is 1. The Morgan fingerprint density at radius 2 is 1.61 bits per heavy atom. The van der Waals surface area contributed by atoms with Crippen LogP contribution in [0.3, 0.4) is 0 Å². The van der Waals surface area contributed by atoms with Crippen molar-refractivity contribution in [3.8, 4) is 0 Å². The van der Waals surface area contributed by atoms with E-state index in [1.54, 1.807) is 49.0 Å². The Balaban J connectivity index is 1.76. The minimum absolute atomic E-state index is 0.0961. The number of alkyl carbamates (subject to hydrolysis) is 1. The maximum atomic E-state index is 14.4. The van der Waals surface area contributed by atoms with E-state index in [9.17, 15) is 33.6 Å². The van der Waals surface area contributed by atoms with Gasteiger partial charge in [-0.05, 0) is 43.1 Å². The molecule has 4 unspecified atom stereocenters. The van der Waals surface area contributed by atoms with Gasteiger partial charge < -0.3 is 36.2 Å². The van der Waals surface area contributed by atoms with E-state index in [0.29, 0.717) is 18.4 Å². The lowest BCUT2D eigenvalue weighted by molar-refractivity contribution is -0.143. The second-order valence-corrected chi connectivity index (χ2v) is 17.7. The van der Waals surface area contributed by atoms with Crippen LogP contribution >= 0.6 is 11.8 Å². The summed E-state index contributed by atoms with van der Waals surface area (Å²) in [5.41, 5.74) is 0.535. The molecule has 0 aromatic heterocycles. The first-order chi connectivity index (χ1) is 25.5. The number of benzene rings is 1. The fourth-order valence-electron chi connectivity index (χ4n) is 6.85. The number of nitrogens with one attached hydrogen (secondary N) is 5. The van der Waals surface area contributed by atoms with E-state index in [-0.39, 0.29) is 47.3 Å². The lowest BCUT2D eigenvalue weighted by Gasteiger charge is -2.34. The molecule has 2 aliphatic rings. The first kappa shape index (κ1) is 44.3. The van der Waals surface area contributed by atoms with Crippen molar-refractivity contribution in [2.24, 2.45) is 11.8 Å². The molecule has 0 spiro atoms. The third-order valence-corrected chi connectivity index (χ3v) is 10.7. The Labute approximate surface area is 323 Å². The van der Waals surface area contributed by atoms with Gasteiger partial charge in [0.15, 0.2) is 0 Å². The van der Waals surface area contributed by atoms with E-state index < -0.39 is 66.2 Å². The van der Waals surface area contributed by atoms with Crippen molar-refractivity contribution in [3.05, 3.63) is 35.9 Å². The second kappa shape index (κ2) is 21.1. The molecular formula is C39H60N6O8S. The van der Waals surface area contributed by atoms with E-state index in [1.807, 2.05) is 13.8 Å². The highest BCUT2D eigenvalue weighted by Crippen LogP contribution is 2.37. The van der Waals surface area contributed by atoms with Gasteiger partial charge in [-0.3, -0.25) is 28.8 Å². The Bertz CT molecular complexity index is 1460. The standard InChI is InChI=1S/C39H60N6O8S/c1-8-15-28(33(47)36(50)41-21-30(46)43-31(35(49)40-7)25-16-11-9-12-17-25)42-34(48)29-20-27(54-39(4,5)6)22-45(29)37(51)32(26-18-13-10-14-19-26)44-38(52)53-23-24(2)3/h9,11-12,16-17,24,26-29,31-32H,8,10,13-15,18-23H2,1-7H3,(H,40,49)(H,41,50)(H,42,48)(H,43,46)(H,44,52)/t27-,28?,29?,31?,32?/m1/s1. The number of nitrogens with zero attached hydrogens (tertiary/aromatic N) is 1. The van der Waals surface area contributed by atoms with Gasteiger partial charge in [0, 0.05) is 23.6 Å². The van der Waals surface area contributed by atoms with Crippen LogP contribution in [0.5, 0.6) is 0 Å². The maximum absolute atomic E-state index is 14.4. The number of likely N-dealkylation sites (N-methyl/N-ethyl adjacent to an activating group) is 1. The van der Waals surface area contributed by atoms with Crippen LogP contribution in [0.4, 0.5) is 4.79 Å². The fourth-order valence-corrected chi connectivity index (χ4v) is 8.36. The molecule has 54 heavy (non-hydrogen) atoms. The lowest BCUT2D eigenvalue weighted by atomic mass is 9.83. The van der Waals surface area contributed by atoms with E-state index in [0.717, 1.165) is 32.1 Å². The number of hydrogen-bond donors (Lipinski definition) is 5. The van der Waals surface area contributed by atoms with Gasteiger partial charge in [-0.15, -0.1) is 0 Å². The fraction of sp³-hybridized carbons (Fsp3) is 0.667. The van der Waals surface area contributed by atoms with Crippen molar-refractivity contribution in [1.82, 2.24) is 31.5 Å². The number of hydrogen-bond acceptors (Lipinski definition) is 9. The van der Waals surface area contributed by atoms with Crippen LogP contribution in [0.2, 0.25) is 0 Å². The largest absolute Gasteiger partial charge is 0.449 e. The summed E-state index contributed by atoms with van der Waals surface area (Å²) in [6.45, 7) is 11.7. The van der Waals surface area contributed by atoms with Gasteiger partial charge in [0.25, 0.3) is 5.91 Å². The summed E-state index contributed by atoms with van der Waals surface area (Å²) < 4.78 is 5.23. The molecule has 0 bridgehead atoms. The summed E-state index contributed by atoms with van der Waals surface area (Å²) in [5, 5.41) is 12.9. The van der Waals surface area contributed by atoms with Gasteiger partial charge >= 0.3 is 6.09 Å². The van der Waals surface area contributed by atoms with Crippen molar-refractivity contribution in [2.45, 2.75) is 127 Å². The summed E-state index contributed by atoms with van der Waals surface area (Å²) in [5.74, 6) is -4.10. The molecule has 5 atom stereocenters. The molecule has 1 aliphatic carbocycles. The third kappa shape index (κ3) is 13.6. The van der Waals surface area contributed by atoms with Gasteiger partial charge in [-0.25, -0.2) is 4.79 Å². The predicted octanol–water partition coefficient (Wildman–Crippen LogP) is 3.39. The monoisotopic (exact) mass is 772 g/mol. The molecule has 6 amide bonds. The zero-order valence-corrected chi connectivity index (χ0v) is 33.6. The highest BCUT2D eigenvalue weighted by atomic mass is 32.2. The average Bonchev–Trinajstić information content (AvgIpc) is 3.56. The number of thioether (sulfide) groups is 1. The van der Waals surface area contributed by atoms with E-state index in [2.05, 4.69) is 47.4 Å². The van der Waals surface area contributed by atoms with Crippen molar-refractivity contribution in [3.63, 3.8) is 0 Å². The minimum Gasteiger partial charge on any atom is -0.449 e. The molecule has 300 valence electrons. The Kier molecular flexibility index (Phi) is 17.3. The normalized spacial score (nSPS) is 19.2. The number of carbonyl (C=O) groups is 7. The lowest BCUT2D eigenvalue weighted by Crippen LogP contribution is -2.58. The number of ketones is 1. The molecule has 5 N–H and O–H groups in total. The van der Waals surface area contributed by atoms with E-state index >= 15 is 0 Å². The first-order valence-electron chi connectivity index (χ1n) is 19.1. The summed E-state index contributed by atoms with van der Waals surface area (Å²) in [7, 11) is 1.44. The molecule has 14 nitrogen and oxygen atoms in total. The van der Waals surface area contributed by atoms with E-state index in [1.165, 1.54) is 11.9 Å². The number of Topliss-reactive ketones (excluding diaryl/α,β-unsaturated/α-hetero) is 1. The Hall–Kier alpha value is -4.14. The molecule has 3 rings (SSSR count). The minimum atomic E-state index is -1.21. The van der Waals surface area contributed by atoms with Gasteiger partial charge in [0.2, 0.25) is 29.4 Å². The predicted molar refractivity (Wildman–Crippen MR) is 207 cm³/mol. The second-order valence-electron chi connectivity index (χ2n) is 15.5. The topological polar surface area (TPSA) is 192 Å². The van der Waals surface area contributed by atoms with Crippen molar-refractivity contribution in [1.29, 1.82) is 0 Å². The number of carbonyl (C=O) groups excluding carboxylic acids is 7. The highest BCUT2D eigenvalue weighted by molar-refractivity contribution is 8.01. The SMILES string of the molecule is CCCC(NC(=O)C1C[C@@H](SC(C)(C)C)CN1C(=O)C(NC(=O)OCC(C)C)C1CCCCC1)C(=O)C(=O)NCC(=O)NC(C(=O)NC)c1ccccc1. The van der Waals surface area contributed by atoms with Crippen molar-refractivity contribution < 1.29 is 38.3 Å². The maximum Gasteiger partial charge on any atom is 0.407 e. The number of amides is 6. The zero-order valence-electron chi connectivity index (χ0n) is 32.8. The summed E-state index contributed by atoms with van der Waals surface area (Å²) >= 11 is 1.65. The molecular weight excluding hydrogens is 713 g/mol. The molecule has 0 radical (unpaired) electrons. The van der Waals surface area contributed by atoms with Crippen LogP contribution in [0, 0.1) is 11.8 Å². The van der Waals surface area contributed by atoms with Crippen molar-refractivity contribution >= 4 is 53.2 Å². The van der Waals surface area contributed by atoms with Crippen LogP contribution in [0.15, 0.2) is 30.3 Å². The van der Waals surface area contributed by atoms with Crippen LogP contribution in [-0.2, 0) is 33.5 Å². The van der Waals surface area contributed by atoms with Gasteiger partial charge in [0.05, 0.1) is 19.2 Å². The average molecular weight is 773 g/mol. The summed E-state index contributed by atoms with van der Waals surface area (Å²) in [4.78, 5) is 94.7. The van der Waals surface area contributed by atoms with Crippen LogP contribution in [0.25, 0.3) is 0 Å². The molecule has 1 saturated heterocycles. The molecule has 1 aromatic rings. The van der Waals surface area contributed by atoms with E-state index in [4.69, 9.17) is 4.74 Å². The summed E-state index contributed by atoms with van der Waals surface area (Å²) in [6.07, 6.45) is 4.65. The summed E-state index contributed by atoms with van der Waals surface area (Å²) in [6, 6.07) is 4.52. The number of likely N-dealkylation sites (tertiary alicyclic amines) is 1. The Morgan fingerprint density at radius 1 is 0.944 bits per heavy atom. The van der Waals surface area contributed by atoms with Crippen LogP contribution in [0.1, 0.15) is 105 Å². The van der Waals surface area contributed by atoms with Crippen molar-refractivity contribution in [2.75, 3.05) is 26.7 Å². The molecule has 1 saturated carbocycles. The van der Waals surface area contributed by atoms with Gasteiger partial charge in [0.1, 0.15) is 18.1 Å². The smallest absolute Gasteiger partial charge is 0.407 e. The molecule has 15 heteroatoms. The molecule has 1 aromatic carbocycles. The number of rotatable bonds is 17. The zero-order chi connectivity index (χ0) is 40.0. The molecule has 1 heterocycles. The molecule has 2 fully saturated rings. The van der Waals surface area contributed by atoms with Crippen LogP contribution < -0.4 is 26.6 Å². The first-order valence-corrected chi connectivity index (χ1v) is 20.0. The van der Waals surface area contributed by atoms with Crippen LogP contribution in [-0.4, -0.2) is 101 Å². The highest BCUT2D eigenvalue weighted by Gasteiger charge is 2.46. The van der Waals surface area contributed by atoms with Gasteiger partial charge in [-0.2, -0.15) is 11.8 Å². The molecule has 1 aliphatic heterocycles.